The molecule has 0 saturated heterocycles. The lowest BCUT2D eigenvalue weighted by Crippen LogP contribution is -2.15. The molecule has 0 bridgehead atoms. The second-order valence-corrected chi connectivity index (χ2v) is 7.43. The van der Waals surface area contributed by atoms with Crippen molar-refractivity contribution in [3.05, 3.63) is 35.4 Å². The largest absolute Gasteiger partial charge is 0.495 e. The Hall–Kier alpha value is -2.06. The Bertz CT molecular complexity index is 798. The highest BCUT2D eigenvalue weighted by atomic mass is 35.5. The number of nitrogens with one attached hydrogen (secondary N) is 2. The molecule has 7 nitrogen and oxygen atoms in total. The maximum absolute atomic E-state index is 12.5. The summed E-state index contributed by atoms with van der Waals surface area (Å²) >= 11 is 5.89. The number of methoxy groups -OCH3 is 1. The molecule has 0 saturated carbocycles. The summed E-state index contributed by atoms with van der Waals surface area (Å²) in [5.74, 6) is 0.902. The van der Waals surface area contributed by atoms with Crippen LogP contribution in [0.3, 0.4) is 0 Å². The number of ether oxygens (including phenoxy) is 1. The molecule has 0 amide bonds. The van der Waals surface area contributed by atoms with E-state index in [1.54, 1.807) is 18.2 Å². The maximum Gasteiger partial charge on any atom is 0.266 e. The van der Waals surface area contributed by atoms with Crippen molar-refractivity contribution < 1.29 is 13.2 Å². The van der Waals surface area contributed by atoms with E-state index < -0.39 is 10.0 Å². The highest BCUT2D eigenvalue weighted by molar-refractivity contribution is 7.92. The molecule has 136 valence electrons. The SMILES string of the molecule is CCCCCNc1ccc(NS(=O)(=O)c2cc(Cl)ccc2OC)nn1. The molecule has 0 atom stereocenters. The maximum atomic E-state index is 12.5. The van der Waals surface area contributed by atoms with Crippen LogP contribution in [0.15, 0.2) is 35.2 Å². The second-order valence-electron chi connectivity index (χ2n) is 5.34. The van der Waals surface area contributed by atoms with Gasteiger partial charge in [-0.1, -0.05) is 31.4 Å². The molecular formula is C16H21ClN4O3S. The van der Waals surface area contributed by atoms with Crippen molar-refractivity contribution in [2.24, 2.45) is 0 Å². The van der Waals surface area contributed by atoms with Crippen LogP contribution in [0.25, 0.3) is 0 Å². The molecule has 0 fully saturated rings. The van der Waals surface area contributed by atoms with Crippen molar-refractivity contribution in [1.29, 1.82) is 0 Å². The second kappa shape index (κ2) is 8.87. The third kappa shape index (κ3) is 5.47. The number of hydrogen-bond donors (Lipinski definition) is 2. The van der Waals surface area contributed by atoms with Crippen LogP contribution in [-0.2, 0) is 10.0 Å². The molecule has 2 aromatic rings. The van der Waals surface area contributed by atoms with E-state index in [9.17, 15) is 8.42 Å². The van der Waals surface area contributed by atoms with Gasteiger partial charge in [-0.25, -0.2) is 8.42 Å². The van der Waals surface area contributed by atoms with E-state index in [-0.39, 0.29) is 16.5 Å². The average Bonchev–Trinajstić information content (AvgIpc) is 2.60. The standard InChI is InChI=1S/C16H21ClN4O3S/c1-3-4-5-10-18-15-8-9-16(20-19-15)21-25(22,23)14-11-12(17)6-7-13(14)24-2/h6-9,11H,3-5,10H2,1-2H3,(H,18,19)(H,20,21). The summed E-state index contributed by atoms with van der Waals surface area (Å²) in [6.45, 7) is 2.93. The minimum atomic E-state index is -3.90. The van der Waals surface area contributed by atoms with E-state index in [2.05, 4.69) is 27.2 Å². The summed E-state index contributed by atoms with van der Waals surface area (Å²) in [6.07, 6.45) is 3.32. The number of halogens is 1. The molecule has 0 radical (unpaired) electrons. The molecule has 1 heterocycles. The molecule has 25 heavy (non-hydrogen) atoms. The van der Waals surface area contributed by atoms with Crippen LogP contribution < -0.4 is 14.8 Å². The number of benzene rings is 1. The van der Waals surface area contributed by atoms with Gasteiger partial charge in [-0.15, -0.1) is 10.2 Å². The highest BCUT2D eigenvalue weighted by Gasteiger charge is 2.21. The number of nitrogens with zero attached hydrogens (tertiary/aromatic N) is 2. The molecule has 1 aromatic heterocycles. The zero-order chi connectivity index (χ0) is 18.3. The van der Waals surface area contributed by atoms with Gasteiger partial charge in [-0.05, 0) is 36.8 Å². The van der Waals surface area contributed by atoms with E-state index in [4.69, 9.17) is 16.3 Å². The molecule has 2 N–H and O–H groups in total. The smallest absolute Gasteiger partial charge is 0.266 e. The first-order chi connectivity index (χ1) is 12.0. The first kappa shape index (κ1) is 19.3. The normalized spacial score (nSPS) is 11.2. The Labute approximate surface area is 152 Å². The summed E-state index contributed by atoms with van der Waals surface area (Å²) in [5, 5.41) is 11.3. The number of rotatable bonds is 9. The third-order valence-corrected chi connectivity index (χ3v) is 5.02. The van der Waals surface area contributed by atoms with Gasteiger partial charge in [-0.3, -0.25) is 4.72 Å². The van der Waals surface area contributed by atoms with Crippen LogP contribution in [-0.4, -0.2) is 32.3 Å². The molecule has 0 aliphatic rings. The van der Waals surface area contributed by atoms with Crippen molar-refractivity contribution in [3.8, 4) is 5.75 Å². The molecule has 0 aliphatic heterocycles. The van der Waals surface area contributed by atoms with Gasteiger partial charge in [-0.2, -0.15) is 0 Å². The Morgan fingerprint density at radius 2 is 1.84 bits per heavy atom. The van der Waals surface area contributed by atoms with Crippen molar-refractivity contribution in [2.45, 2.75) is 31.1 Å². The van der Waals surface area contributed by atoms with Crippen LogP contribution >= 0.6 is 11.6 Å². The van der Waals surface area contributed by atoms with E-state index in [1.807, 2.05) is 0 Å². The molecule has 9 heteroatoms. The predicted octanol–water partition coefficient (Wildman–Crippen LogP) is 3.54. The van der Waals surface area contributed by atoms with Crippen LogP contribution in [0.2, 0.25) is 5.02 Å². The lowest BCUT2D eigenvalue weighted by molar-refractivity contribution is 0.403. The van der Waals surface area contributed by atoms with Crippen molar-refractivity contribution >= 4 is 33.3 Å². The van der Waals surface area contributed by atoms with E-state index in [0.29, 0.717) is 10.8 Å². The predicted molar refractivity (Wildman–Crippen MR) is 98.9 cm³/mol. The van der Waals surface area contributed by atoms with Gasteiger partial charge in [0.2, 0.25) is 0 Å². The molecule has 2 rings (SSSR count). The van der Waals surface area contributed by atoms with Gasteiger partial charge < -0.3 is 10.1 Å². The lowest BCUT2D eigenvalue weighted by Gasteiger charge is -2.11. The molecule has 0 unspecified atom stereocenters. The summed E-state index contributed by atoms with van der Waals surface area (Å²) in [4.78, 5) is -0.0638. The Morgan fingerprint density at radius 1 is 1.12 bits per heavy atom. The molecule has 0 aliphatic carbocycles. The number of aromatic nitrogens is 2. The number of unbranched alkanes of at least 4 members (excludes halogenated alkanes) is 2. The highest BCUT2D eigenvalue weighted by Crippen LogP contribution is 2.28. The average molecular weight is 385 g/mol. The fraction of sp³-hybridized carbons (Fsp3) is 0.375. The minimum Gasteiger partial charge on any atom is -0.495 e. The van der Waals surface area contributed by atoms with E-state index in [1.165, 1.54) is 19.2 Å². The van der Waals surface area contributed by atoms with Gasteiger partial charge in [0.25, 0.3) is 10.0 Å². The fourth-order valence-corrected chi connectivity index (χ4v) is 3.55. The summed E-state index contributed by atoms with van der Waals surface area (Å²) in [6, 6.07) is 7.58. The third-order valence-electron chi connectivity index (χ3n) is 3.41. The lowest BCUT2D eigenvalue weighted by atomic mass is 10.2. The van der Waals surface area contributed by atoms with Gasteiger partial charge in [0.15, 0.2) is 5.82 Å². The Kier molecular flexibility index (Phi) is 6.83. The topological polar surface area (TPSA) is 93.2 Å². The van der Waals surface area contributed by atoms with Gasteiger partial charge >= 0.3 is 0 Å². The van der Waals surface area contributed by atoms with Crippen LogP contribution in [0.1, 0.15) is 26.2 Å². The van der Waals surface area contributed by atoms with E-state index >= 15 is 0 Å². The first-order valence-corrected chi connectivity index (χ1v) is 9.76. The first-order valence-electron chi connectivity index (χ1n) is 7.90. The molecule has 1 aromatic carbocycles. The number of hydrogen-bond acceptors (Lipinski definition) is 6. The number of sulfonamides is 1. The molecule has 0 spiro atoms. The van der Waals surface area contributed by atoms with Crippen LogP contribution in [0.5, 0.6) is 5.75 Å². The number of anilines is 2. The van der Waals surface area contributed by atoms with E-state index in [0.717, 1.165) is 25.8 Å². The summed E-state index contributed by atoms with van der Waals surface area (Å²) < 4.78 is 32.5. The van der Waals surface area contributed by atoms with Gasteiger partial charge in [0, 0.05) is 11.6 Å². The summed E-state index contributed by atoms with van der Waals surface area (Å²) in [5.41, 5.74) is 0. The fourth-order valence-electron chi connectivity index (χ4n) is 2.13. The van der Waals surface area contributed by atoms with Crippen molar-refractivity contribution in [2.75, 3.05) is 23.7 Å². The van der Waals surface area contributed by atoms with Crippen LogP contribution in [0, 0.1) is 0 Å². The Morgan fingerprint density at radius 3 is 2.48 bits per heavy atom. The molecular weight excluding hydrogens is 364 g/mol. The summed E-state index contributed by atoms with van der Waals surface area (Å²) in [7, 11) is -2.51. The monoisotopic (exact) mass is 384 g/mol. The Balaban J connectivity index is 2.09. The van der Waals surface area contributed by atoms with Crippen molar-refractivity contribution in [1.82, 2.24) is 10.2 Å². The zero-order valence-corrected chi connectivity index (χ0v) is 15.7. The quantitative estimate of drug-likeness (QED) is 0.642. The van der Waals surface area contributed by atoms with Gasteiger partial charge in [0.05, 0.1) is 7.11 Å². The zero-order valence-electron chi connectivity index (χ0n) is 14.1. The van der Waals surface area contributed by atoms with Crippen LogP contribution in [0.4, 0.5) is 11.6 Å². The van der Waals surface area contributed by atoms with Crippen molar-refractivity contribution in [3.63, 3.8) is 0 Å². The van der Waals surface area contributed by atoms with Gasteiger partial charge in [0.1, 0.15) is 16.5 Å². The minimum absolute atomic E-state index is 0.0638.